The van der Waals surface area contributed by atoms with Crippen molar-refractivity contribution in [3.63, 3.8) is 0 Å². The third-order valence-corrected chi connectivity index (χ3v) is 3.78. The van der Waals surface area contributed by atoms with E-state index in [1.807, 2.05) is 19.9 Å². The molecule has 0 saturated carbocycles. The molecule has 0 aliphatic rings. The zero-order chi connectivity index (χ0) is 17.5. The summed E-state index contributed by atoms with van der Waals surface area (Å²) in [5.41, 5.74) is 0.762. The van der Waals surface area contributed by atoms with E-state index in [0.717, 1.165) is 5.56 Å². The highest BCUT2D eigenvalue weighted by atomic mass is 16.5. The molecular weight excluding hydrogens is 310 g/mol. The molecule has 0 atom stereocenters. The maximum atomic E-state index is 12.0. The molecular formula is C17H23N3O4. The molecule has 0 bridgehead atoms. The number of hydrogen-bond acceptors (Lipinski definition) is 6. The molecule has 1 amide bonds. The fourth-order valence-electron chi connectivity index (χ4n) is 2.40. The fraction of sp³-hybridized carbons (Fsp3) is 0.471. The lowest BCUT2D eigenvalue weighted by Crippen LogP contribution is -2.30. The third kappa shape index (κ3) is 4.04. The van der Waals surface area contributed by atoms with Crippen LogP contribution in [0, 0.1) is 0 Å². The van der Waals surface area contributed by atoms with E-state index in [2.05, 4.69) is 10.1 Å². The molecule has 0 N–H and O–H groups in total. The molecule has 1 heterocycles. The maximum absolute atomic E-state index is 12.0. The van der Waals surface area contributed by atoms with Gasteiger partial charge in [-0.2, -0.15) is 4.98 Å². The third-order valence-electron chi connectivity index (χ3n) is 3.78. The van der Waals surface area contributed by atoms with Crippen LogP contribution in [0.5, 0.6) is 11.5 Å². The van der Waals surface area contributed by atoms with Crippen LogP contribution in [0.15, 0.2) is 22.7 Å². The number of amides is 1. The normalized spacial score (nSPS) is 10.5. The Morgan fingerprint density at radius 1 is 1.17 bits per heavy atom. The lowest BCUT2D eigenvalue weighted by Gasteiger charge is -2.17. The van der Waals surface area contributed by atoms with Crippen LogP contribution in [0.25, 0.3) is 11.4 Å². The molecule has 0 unspecified atom stereocenters. The van der Waals surface area contributed by atoms with Crippen LogP contribution >= 0.6 is 0 Å². The van der Waals surface area contributed by atoms with Gasteiger partial charge < -0.3 is 18.9 Å². The van der Waals surface area contributed by atoms with Crippen LogP contribution in [-0.2, 0) is 11.2 Å². The molecule has 0 radical (unpaired) electrons. The van der Waals surface area contributed by atoms with Crippen molar-refractivity contribution in [2.75, 3.05) is 27.3 Å². The number of rotatable bonds is 8. The van der Waals surface area contributed by atoms with Gasteiger partial charge in [-0.15, -0.1) is 0 Å². The second-order valence-electron chi connectivity index (χ2n) is 5.15. The van der Waals surface area contributed by atoms with E-state index in [1.54, 1.807) is 31.3 Å². The van der Waals surface area contributed by atoms with Gasteiger partial charge in [-0.25, -0.2) is 0 Å². The smallest absolute Gasteiger partial charge is 0.227 e. The number of nitrogens with zero attached hydrogens (tertiary/aromatic N) is 3. The summed E-state index contributed by atoms with van der Waals surface area (Å²) in [5, 5.41) is 3.97. The Hall–Kier alpha value is -2.57. The van der Waals surface area contributed by atoms with Gasteiger partial charge in [0.05, 0.1) is 14.2 Å². The quantitative estimate of drug-likeness (QED) is 0.739. The van der Waals surface area contributed by atoms with Crippen molar-refractivity contribution in [2.45, 2.75) is 26.7 Å². The largest absolute Gasteiger partial charge is 0.493 e. The van der Waals surface area contributed by atoms with Crippen molar-refractivity contribution in [3.05, 3.63) is 24.1 Å². The first-order valence-electron chi connectivity index (χ1n) is 7.95. The van der Waals surface area contributed by atoms with Crippen molar-refractivity contribution in [1.82, 2.24) is 15.0 Å². The van der Waals surface area contributed by atoms with Crippen LogP contribution in [-0.4, -0.2) is 48.3 Å². The first-order chi connectivity index (χ1) is 11.6. The number of carbonyl (C=O) groups excluding carboxylic acids is 1. The first-order valence-corrected chi connectivity index (χ1v) is 7.95. The highest BCUT2D eigenvalue weighted by Crippen LogP contribution is 2.31. The molecule has 0 aliphatic carbocycles. The number of carbonyl (C=O) groups is 1. The van der Waals surface area contributed by atoms with E-state index in [0.29, 0.717) is 49.1 Å². The van der Waals surface area contributed by atoms with Gasteiger partial charge in [-0.05, 0) is 32.0 Å². The van der Waals surface area contributed by atoms with Gasteiger partial charge in [0.1, 0.15) is 0 Å². The second kappa shape index (κ2) is 8.33. The van der Waals surface area contributed by atoms with Crippen LogP contribution in [0.2, 0.25) is 0 Å². The van der Waals surface area contributed by atoms with E-state index in [1.165, 1.54) is 0 Å². The molecule has 7 heteroatoms. The summed E-state index contributed by atoms with van der Waals surface area (Å²) in [6, 6.07) is 5.40. The Kier molecular flexibility index (Phi) is 6.17. The van der Waals surface area contributed by atoms with Gasteiger partial charge >= 0.3 is 0 Å². The summed E-state index contributed by atoms with van der Waals surface area (Å²) in [6.45, 7) is 5.33. The van der Waals surface area contributed by atoms with E-state index < -0.39 is 0 Å². The van der Waals surface area contributed by atoms with Gasteiger partial charge in [-0.3, -0.25) is 4.79 Å². The average molecular weight is 333 g/mol. The lowest BCUT2D eigenvalue weighted by molar-refractivity contribution is -0.130. The summed E-state index contributed by atoms with van der Waals surface area (Å²) < 4.78 is 15.7. The zero-order valence-corrected chi connectivity index (χ0v) is 14.5. The lowest BCUT2D eigenvalue weighted by atomic mass is 10.2. The van der Waals surface area contributed by atoms with E-state index >= 15 is 0 Å². The molecule has 2 aromatic rings. The standard InChI is InChI=1S/C17H23N3O4/c1-5-20(6-2)16(21)10-9-15-18-17(19-24-15)12-7-8-13(22-3)14(11-12)23-4/h7-8,11H,5-6,9-10H2,1-4H3. The van der Waals surface area contributed by atoms with Crippen molar-refractivity contribution >= 4 is 5.91 Å². The van der Waals surface area contributed by atoms with Crippen molar-refractivity contribution < 1.29 is 18.8 Å². The molecule has 0 saturated heterocycles. The number of ether oxygens (including phenoxy) is 2. The SMILES string of the molecule is CCN(CC)C(=O)CCc1nc(-c2ccc(OC)c(OC)c2)no1. The second-order valence-corrected chi connectivity index (χ2v) is 5.15. The summed E-state index contributed by atoms with van der Waals surface area (Å²) in [7, 11) is 3.15. The van der Waals surface area contributed by atoms with Crippen molar-refractivity contribution in [1.29, 1.82) is 0 Å². The molecule has 7 nitrogen and oxygen atoms in total. The van der Waals surface area contributed by atoms with Crippen LogP contribution in [0.4, 0.5) is 0 Å². The molecule has 24 heavy (non-hydrogen) atoms. The Bertz CT molecular complexity index is 680. The molecule has 1 aromatic carbocycles. The first kappa shape index (κ1) is 17.8. The Balaban J connectivity index is 2.07. The van der Waals surface area contributed by atoms with Gasteiger partial charge in [0.2, 0.25) is 17.6 Å². The van der Waals surface area contributed by atoms with Gasteiger partial charge in [0, 0.05) is 31.5 Å². The Morgan fingerprint density at radius 2 is 1.88 bits per heavy atom. The van der Waals surface area contributed by atoms with Gasteiger partial charge in [-0.1, -0.05) is 5.16 Å². The topological polar surface area (TPSA) is 77.7 Å². The zero-order valence-electron chi connectivity index (χ0n) is 14.5. The number of hydrogen-bond donors (Lipinski definition) is 0. The van der Waals surface area contributed by atoms with E-state index in [9.17, 15) is 4.79 Å². The van der Waals surface area contributed by atoms with Crippen LogP contribution in [0.3, 0.4) is 0 Å². The summed E-state index contributed by atoms with van der Waals surface area (Å²) in [6.07, 6.45) is 0.783. The van der Waals surface area contributed by atoms with Crippen molar-refractivity contribution in [2.24, 2.45) is 0 Å². The number of aromatic nitrogens is 2. The number of methoxy groups -OCH3 is 2. The number of aryl methyl sites for hydroxylation is 1. The molecule has 2 rings (SSSR count). The molecule has 1 aromatic heterocycles. The fourth-order valence-corrected chi connectivity index (χ4v) is 2.40. The van der Waals surface area contributed by atoms with Crippen LogP contribution in [0.1, 0.15) is 26.2 Å². The average Bonchev–Trinajstić information content (AvgIpc) is 3.09. The summed E-state index contributed by atoms with van der Waals surface area (Å²) in [4.78, 5) is 18.1. The Labute approximate surface area is 141 Å². The minimum Gasteiger partial charge on any atom is -0.493 e. The maximum Gasteiger partial charge on any atom is 0.227 e. The molecule has 130 valence electrons. The molecule has 0 aliphatic heterocycles. The van der Waals surface area contributed by atoms with E-state index in [-0.39, 0.29) is 5.91 Å². The van der Waals surface area contributed by atoms with Gasteiger partial charge in [0.15, 0.2) is 11.5 Å². The number of benzene rings is 1. The summed E-state index contributed by atoms with van der Waals surface area (Å²) >= 11 is 0. The highest BCUT2D eigenvalue weighted by Gasteiger charge is 2.15. The van der Waals surface area contributed by atoms with Gasteiger partial charge in [0.25, 0.3) is 0 Å². The molecule has 0 spiro atoms. The molecule has 0 fully saturated rings. The van der Waals surface area contributed by atoms with Crippen molar-refractivity contribution in [3.8, 4) is 22.9 Å². The minimum absolute atomic E-state index is 0.0888. The predicted molar refractivity (Wildman–Crippen MR) is 89.1 cm³/mol. The predicted octanol–water partition coefficient (Wildman–Crippen LogP) is 2.55. The monoisotopic (exact) mass is 333 g/mol. The Morgan fingerprint density at radius 3 is 2.50 bits per heavy atom. The highest BCUT2D eigenvalue weighted by molar-refractivity contribution is 5.76. The minimum atomic E-state index is 0.0888. The van der Waals surface area contributed by atoms with E-state index in [4.69, 9.17) is 14.0 Å². The van der Waals surface area contributed by atoms with Crippen LogP contribution < -0.4 is 9.47 Å². The summed E-state index contributed by atoms with van der Waals surface area (Å²) in [5.74, 6) is 2.22.